The molecule has 0 aliphatic carbocycles. The van der Waals surface area contributed by atoms with Gasteiger partial charge in [-0.3, -0.25) is 4.79 Å². The molecule has 29 heavy (non-hydrogen) atoms. The Balaban J connectivity index is 2.23. The fourth-order valence-electron chi connectivity index (χ4n) is 2.39. The maximum absolute atomic E-state index is 13.0. The average Bonchev–Trinajstić information content (AvgIpc) is 2.91. The van der Waals surface area contributed by atoms with Crippen molar-refractivity contribution in [3.8, 4) is 6.07 Å². The standard InChI is InChI=1S/C18H16F3N3O3S2/c1-8-5-12(18(19,20)21)23-15(11(8)6-22)28-7-13(25)24-16-14(17(26)27-4)9(2)10(3)29-16/h5H,7H2,1-4H3,(H,24,25). The van der Waals surface area contributed by atoms with Gasteiger partial charge in [-0.05, 0) is 38.0 Å². The molecule has 0 aromatic carbocycles. The molecule has 2 aromatic rings. The molecular weight excluding hydrogens is 427 g/mol. The number of thiophene rings is 1. The molecule has 0 fully saturated rings. The first-order chi connectivity index (χ1) is 13.5. The number of nitrogens with zero attached hydrogens (tertiary/aromatic N) is 2. The van der Waals surface area contributed by atoms with E-state index in [1.807, 2.05) is 6.07 Å². The number of esters is 1. The maximum Gasteiger partial charge on any atom is 0.433 e. The van der Waals surface area contributed by atoms with Crippen molar-refractivity contribution in [2.24, 2.45) is 0 Å². The number of hydrogen-bond donors (Lipinski definition) is 1. The smallest absolute Gasteiger partial charge is 0.433 e. The number of carbonyl (C=O) groups excluding carboxylic acids is 2. The molecule has 1 amide bonds. The summed E-state index contributed by atoms with van der Waals surface area (Å²) in [4.78, 5) is 28.6. The van der Waals surface area contributed by atoms with Gasteiger partial charge >= 0.3 is 12.1 Å². The van der Waals surface area contributed by atoms with Gasteiger partial charge in [0.05, 0.1) is 24.0 Å². The number of nitrogens with one attached hydrogen (secondary N) is 1. The number of pyridine rings is 1. The molecule has 2 aromatic heterocycles. The summed E-state index contributed by atoms with van der Waals surface area (Å²) in [6.07, 6.45) is -4.67. The summed E-state index contributed by atoms with van der Waals surface area (Å²) in [6, 6.07) is 2.61. The molecule has 0 spiro atoms. The SMILES string of the molecule is COC(=O)c1c(NC(=O)CSc2nc(C(F)(F)F)cc(C)c2C#N)sc(C)c1C. The van der Waals surface area contributed by atoms with Crippen molar-refractivity contribution >= 4 is 40.0 Å². The van der Waals surface area contributed by atoms with E-state index in [9.17, 15) is 28.0 Å². The lowest BCUT2D eigenvalue weighted by Gasteiger charge is -2.11. The highest BCUT2D eigenvalue weighted by atomic mass is 32.2. The van der Waals surface area contributed by atoms with Gasteiger partial charge in [0.25, 0.3) is 0 Å². The molecule has 0 saturated heterocycles. The summed E-state index contributed by atoms with van der Waals surface area (Å²) in [6.45, 7) is 4.88. The normalized spacial score (nSPS) is 11.1. The molecule has 6 nitrogen and oxygen atoms in total. The number of hydrogen-bond acceptors (Lipinski definition) is 7. The summed E-state index contributed by atoms with van der Waals surface area (Å²) >= 11 is 1.91. The Morgan fingerprint density at radius 2 is 2.00 bits per heavy atom. The van der Waals surface area contributed by atoms with Crippen LogP contribution in [0.2, 0.25) is 0 Å². The third kappa shape index (κ3) is 5.07. The fourth-order valence-corrected chi connectivity index (χ4v) is 4.31. The first kappa shape index (κ1) is 22.7. The van der Waals surface area contributed by atoms with E-state index in [-0.39, 0.29) is 27.5 Å². The van der Waals surface area contributed by atoms with Gasteiger partial charge in [0.2, 0.25) is 5.91 Å². The monoisotopic (exact) mass is 443 g/mol. The summed E-state index contributed by atoms with van der Waals surface area (Å²) in [7, 11) is 1.22. The zero-order chi connectivity index (χ0) is 21.9. The van der Waals surface area contributed by atoms with Gasteiger partial charge in [-0.15, -0.1) is 11.3 Å². The van der Waals surface area contributed by atoms with Crippen LogP contribution in [-0.4, -0.2) is 29.7 Å². The number of aromatic nitrogens is 1. The van der Waals surface area contributed by atoms with E-state index >= 15 is 0 Å². The molecule has 1 N–H and O–H groups in total. The lowest BCUT2D eigenvalue weighted by molar-refractivity contribution is -0.141. The molecule has 11 heteroatoms. The van der Waals surface area contributed by atoms with Crippen LogP contribution in [-0.2, 0) is 15.7 Å². The van der Waals surface area contributed by atoms with Crippen molar-refractivity contribution in [3.63, 3.8) is 0 Å². The zero-order valence-corrected chi connectivity index (χ0v) is 17.5. The number of methoxy groups -OCH3 is 1. The predicted molar refractivity (Wildman–Crippen MR) is 103 cm³/mol. The van der Waals surface area contributed by atoms with E-state index < -0.39 is 23.7 Å². The second-order valence-electron chi connectivity index (χ2n) is 5.93. The number of amides is 1. The molecule has 0 bridgehead atoms. The number of halogens is 3. The van der Waals surface area contributed by atoms with Crippen LogP contribution in [0.5, 0.6) is 0 Å². The Labute approximate surface area is 173 Å². The van der Waals surface area contributed by atoms with E-state index in [0.717, 1.165) is 22.7 Å². The number of thioether (sulfide) groups is 1. The molecule has 0 unspecified atom stereocenters. The lowest BCUT2D eigenvalue weighted by atomic mass is 10.1. The van der Waals surface area contributed by atoms with E-state index in [4.69, 9.17) is 4.74 Å². The molecule has 0 radical (unpaired) electrons. The maximum atomic E-state index is 13.0. The van der Waals surface area contributed by atoms with Crippen molar-refractivity contribution in [1.82, 2.24) is 4.98 Å². The number of carbonyl (C=O) groups is 2. The van der Waals surface area contributed by atoms with Gasteiger partial charge in [-0.25, -0.2) is 9.78 Å². The van der Waals surface area contributed by atoms with Crippen molar-refractivity contribution in [2.75, 3.05) is 18.2 Å². The lowest BCUT2D eigenvalue weighted by Crippen LogP contribution is -2.16. The quantitative estimate of drug-likeness (QED) is 0.541. The van der Waals surface area contributed by atoms with Crippen molar-refractivity contribution in [2.45, 2.75) is 32.0 Å². The molecule has 154 valence electrons. The molecule has 2 rings (SSSR count). The fraction of sp³-hybridized carbons (Fsp3) is 0.333. The van der Waals surface area contributed by atoms with Crippen LogP contribution < -0.4 is 5.32 Å². The first-order valence-corrected chi connectivity index (χ1v) is 9.89. The minimum atomic E-state index is -4.67. The summed E-state index contributed by atoms with van der Waals surface area (Å²) < 4.78 is 43.7. The first-order valence-electron chi connectivity index (χ1n) is 8.09. The summed E-state index contributed by atoms with van der Waals surface area (Å²) in [5.41, 5.74) is -0.121. The average molecular weight is 443 g/mol. The highest BCUT2D eigenvalue weighted by molar-refractivity contribution is 8.00. The zero-order valence-electron chi connectivity index (χ0n) is 15.9. The van der Waals surface area contributed by atoms with Crippen LogP contribution in [0.15, 0.2) is 11.1 Å². The molecule has 2 heterocycles. The van der Waals surface area contributed by atoms with Crippen LogP contribution in [0.25, 0.3) is 0 Å². The van der Waals surface area contributed by atoms with E-state index in [0.29, 0.717) is 10.6 Å². The Bertz CT molecular complexity index is 1010. The Morgan fingerprint density at radius 1 is 1.34 bits per heavy atom. The number of ether oxygens (including phenoxy) is 1. The number of anilines is 1. The van der Waals surface area contributed by atoms with Crippen LogP contribution >= 0.6 is 23.1 Å². The van der Waals surface area contributed by atoms with Crippen LogP contribution in [0.3, 0.4) is 0 Å². The number of rotatable bonds is 5. The van der Waals surface area contributed by atoms with Gasteiger partial charge in [-0.1, -0.05) is 11.8 Å². The van der Waals surface area contributed by atoms with E-state index in [1.54, 1.807) is 13.8 Å². The Kier molecular flexibility index (Phi) is 6.92. The van der Waals surface area contributed by atoms with E-state index in [1.165, 1.54) is 25.4 Å². The van der Waals surface area contributed by atoms with Crippen molar-refractivity contribution in [1.29, 1.82) is 5.26 Å². The third-order valence-corrected chi connectivity index (χ3v) is 6.05. The van der Waals surface area contributed by atoms with Crippen LogP contribution in [0.1, 0.15) is 37.6 Å². The summed E-state index contributed by atoms with van der Waals surface area (Å²) in [5.74, 6) is -1.45. The van der Waals surface area contributed by atoms with Crippen molar-refractivity contribution < 1.29 is 27.5 Å². The molecule has 0 atom stereocenters. The van der Waals surface area contributed by atoms with Crippen molar-refractivity contribution in [3.05, 3.63) is 38.9 Å². The van der Waals surface area contributed by atoms with Gasteiger partial charge in [0.15, 0.2) is 0 Å². The predicted octanol–water partition coefficient (Wildman–Crippen LogP) is 4.48. The highest BCUT2D eigenvalue weighted by Crippen LogP contribution is 2.34. The molecule has 0 saturated carbocycles. The van der Waals surface area contributed by atoms with Crippen LogP contribution in [0.4, 0.5) is 18.2 Å². The second kappa shape index (κ2) is 8.84. The Hall–Kier alpha value is -2.58. The minimum Gasteiger partial charge on any atom is -0.465 e. The molecule has 0 aliphatic rings. The number of alkyl halides is 3. The minimum absolute atomic E-state index is 0.0196. The van der Waals surface area contributed by atoms with Gasteiger partial charge < -0.3 is 10.1 Å². The summed E-state index contributed by atoms with van der Waals surface area (Å²) in [5, 5.41) is 11.9. The highest BCUT2D eigenvalue weighted by Gasteiger charge is 2.34. The second-order valence-corrected chi connectivity index (χ2v) is 8.12. The molecule has 0 aliphatic heterocycles. The number of aryl methyl sites for hydroxylation is 2. The van der Waals surface area contributed by atoms with Gasteiger partial charge in [0.1, 0.15) is 21.8 Å². The largest absolute Gasteiger partial charge is 0.465 e. The topological polar surface area (TPSA) is 92.1 Å². The number of nitriles is 1. The Morgan fingerprint density at radius 3 is 2.55 bits per heavy atom. The van der Waals surface area contributed by atoms with E-state index in [2.05, 4.69) is 10.3 Å². The van der Waals surface area contributed by atoms with Gasteiger partial charge in [-0.2, -0.15) is 18.4 Å². The molecular formula is C18H16F3N3O3S2. The van der Waals surface area contributed by atoms with Crippen LogP contribution in [0, 0.1) is 32.1 Å². The van der Waals surface area contributed by atoms with Gasteiger partial charge in [0, 0.05) is 4.88 Å². The third-order valence-electron chi connectivity index (χ3n) is 3.95.